The molecule has 0 saturated heterocycles. The minimum absolute atomic E-state index is 0.620. The molecule has 0 bridgehead atoms. The van der Waals surface area contributed by atoms with Crippen LogP contribution in [0, 0.1) is 6.92 Å². The largest absolute Gasteiger partial charge is 0.480 e. The number of carbonyl (C=O) groups is 1. The number of carboxylic acid groups (broad SMARTS) is 1. The highest BCUT2D eigenvalue weighted by Crippen LogP contribution is 2.33. The molecule has 1 atom stereocenters. The summed E-state index contributed by atoms with van der Waals surface area (Å²) in [6.45, 7) is 7.25. The van der Waals surface area contributed by atoms with Crippen molar-refractivity contribution in [3.8, 4) is 0 Å². The van der Waals surface area contributed by atoms with Crippen molar-refractivity contribution in [1.82, 2.24) is 0 Å². The number of nitrogens with two attached hydrogens (primary N) is 1. The van der Waals surface area contributed by atoms with E-state index in [9.17, 15) is 9.90 Å². The summed E-state index contributed by atoms with van der Waals surface area (Å²) in [6.07, 6.45) is 0. The fourth-order valence-corrected chi connectivity index (χ4v) is 1.60. The highest BCUT2D eigenvalue weighted by atomic mass is 16.4. The standard InChI is InChI=1S/C13H19NO2/c1-9-6-5-7-10(8-9)12(2,3)13(4,14)11(15)16/h5-8H,14H2,1-4H3,(H,15,16). The number of hydrogen-bond acceptors (Lipinski definition) is 2. The van der Waals surface area contributed by atoms with Crippen LogP contribution in [0.15, 0.2) is 24.3 Å². The van der Waals surface area contributed by atoms with Gasteiger partial charge in [-0.05, 0) is 19.4 Å². The Bertz CT molecular complexity index is 408. The molecule has 1 unspecified atom stereocenters. The second-order valence-electron chi connectivity index (χ2n) is 5.00. The van der Waals surface area contributed by atoms with Gasteiger partial charge in [-0.15, -0.1) is 0 Å². The van der Waals surface area contributed by atoms with Gasteiger partial charge in [0.1, 0.15) is 5.54 Å². The molecule has 3 heteroatoms. The van der Waals surface area contributed by atoms with Gasteiger partial charge in [-0.2, -0.15) is 0 Å². The lowest BCUT2D eigenvalue weighted by molar-refractivity contribution is -0.145. The summed E-state index contributed by atoms with van der Waals surface area (Å²) in [5, 5.41) is 9.18. The van der Waals surface area contributed by atoms with Crippen molar-refractivity contribution in [1.29, 1.82) is 0 Å². The van der Waals surface area contributed by atoms with Gasteiger partial charge in [0.25, 0.3) is 0 Å². The van der Waals surface area contributed by atoms with Crippen LogP contribution in [0.5, 0.6) is 0 Å². The number of aliphatic carboxylic acids is 1. The topological polar surface area (TPSA) is 63.3 Å². The number of carboxylic acids is 1. The van der Waals surface area contributed by atoms with Crippen LogP contribution in [0.25, 0.3) is 0 Å². The lowest BCUT2D eigenvalue weighted by Gasteiger charge is -2.38. The van der Waals surface area contributed by atoms with E-state index < -0.39 is 16.9 Å². The smallest absolute Gasteiger partial charge is 0.324 e. The fourth-order valence-electron chi connectivity index (χ4n) is 1.60. The summed E-state index contributed by atoms with van der Waals surface area (Å²) in [5.41, 5.74) is 6.06. The molecule has 1 aromatic rings. The highest BCUT2D eigenvalue weighted by molar-refractivity contribution is 5.80. The first kappa shape index (κ1) is 12.7. The van der Waals surface area contributed by atoms with E-state index in [0.29, 0.717) is 0 Å². The second kappa shape index (κ2) is 3.91. The Balaban J connectivity index is 3.26. The lowest BCUT2D eigenvalue weighted by Crippen LogP contribution is -2.58. The maximum absolute atomic E-state index is 11.2. The Hall–Kier alpha value is -1.35. The quantitative estimate of drug-likeness (QED) is 0.821. The third-order valence-corrected chi connectivity index (χ3v) is 3.48. The van der Waals surface area contributed by atoms with Crippen LogP contribution < -0.4 is 5.73 Å². The Morgan fingerprint density at radius 1 is 1.31 bits per heavy atom. The molecule has 3 nitrogen and oxygen atoms in total. The molecule has 0 spiro atoms. The van der Waals surface area contributed by atoms with Gasteiger partial charge in [0.2, 0.25) is 0 Å². The Morgan fingerprint density at radius 2 is 1.88 bits per heavy atom. The van der Waals surface area contributed by atoms with Gasteiger partial charge >= 0.3 is 5.97 Å². The molecule has 0 fully saturated rings. The van der Waals surface area contributed by atoms with E-state index >= 15 is 0 Å². The van der Waals surface area contributed by atoms with Crippen molar-refractivity contribution in [2.75, 3.05) is 0 Å². The van der Waals surface area contributed by atoms with E-state index in [-0.39, 0.29) is 0 Å². The summed E-state index contributed by atoms with van der Waals surface area (Å²) >= 11 is 0. The van der Waals surface area contributed by atoms with E-state index in [2.05, 4.69) is 0 Å². The summed E-state index contributed by atoms with van der Waals surface area (Å²) < 4.78 is 0. The van der Waals surface area contributed by atoms with Crippen LogP contribution in [0.4, 0.5) is 0 Å². The molecule has 0 aliphatic carbocycles. The summed E-state index contributed by atoms with van der Waals surface area (Å²) in [5.74, 6) is -0.987. The first-order chi connectivity index (χ1) is 7.19. The average molecular weight is 221 g/mol. The average Bonchev–Trinajstić information content (AvgIpc) is 2.17. The predicted molar refractivity (Wildman–Crippen MR) is 64.4 cm³/mol. The molecule has 0 aromatic heterocycles. The number of aryl methyl sites for hydroxylation is 1. The third-order valence-electron chi connectivity index (χ3n) is 3.48. The van der Waals surface area contributed by atoms with Gasteiger partial charge in [0.05, 0.1) is 0 Å². The van der Waals surface area contributed by atoms with Crippen LogP contribution in [-0.4, -0.2) is 16.6 Å². The van der Waals surface area contributed by atoms with Crippen LogP contribution in [0.3, 0.4) is 0 Å². The normalized spacial score (nSPS) is 15.6. The van der Waals surface area contributed by atoms with Crippen molar-refractivity contribution in [2.45, 2.75) is 38.6 Å². The van der Waals surface area contributed by atoms with E-state index in [1.165, 1.54) is 0 Å². The molecule has 0 saturated carbocycles. The zero-order chi connectivity index (χ0) is 12.6. The summed E-state index contributed by atoms with van der Waals surface area (Å²) in [7, 11) is 0. The van der Waals surface area contributed by atoms with Crippen LogP contribution in [0.2, 0.25) is 0 Å². The SMILES string of the molecule is Cc1cccc(C(C)(C)C(C)(N)C(=O)O)c1. The Labute approximate surface area is 96.3 Å². The van der Waals surface area contributed by atoms with E-state index in [0.717, 1.165) is 11.1 Å². The van der Waals surface area contributed by atoms with Gasteiger partial charge in [0, 0.05) is 5.41 Å². The summed E-state index contributed by atoms with van der Waals surface area (Å²) in [4.78, 5) is 11.2. The fraction of sp³-hybridized carbons (Fsp3) is 0.462. The molecule has 0 heterocycles. The molecule has 3 N–H and O–H groups in total. The van der Waals surface area contributed by atoms with Crippen molar-refractivity contribution in [2.24, 2.45) is 5.73 Å². The molecule has 0 aliphatic heterocycles. The Kier molecular flexibility index (Phi) is 3.10. The number of hydrogen-bond donors (Lipinski definition) is 2. The zero-order valence-electron chi connectivity index (χ0n) is 10.2. The number of benzene rings is 1. The van der Waals surface area contributed by atoms with Gasteiger partial charge in [-0.1, -0.05) is 43.7 Å². The molecule has 88 valence electrons. The molecule has 1 rings (SSSR count). The minimum Gasteiger partial charge on any atom is -0.480 e. The monoisotopic (exact) mass is 221 g/mol. The number of rotatable bonds is 3. The first-order valence-electron chi connectivity index (χ1n) is 5.29. The Morgan fingerprint density at radius 3 is 2.31 bits per heavy atom. The molecule has 0 amide bonds. The lowest BCUT2D eigenvalue weighted by atomic mass is 9.69. The summed E-state index contributed by atoms with van der Waals surface area (Å²) in [6, 6.07) is 7.80. The van der Waals surface area contributed by atoms with Crippen molar-refractivity contribution >= 4 is 5.97 Å². The van der Waals surface area contributed by atoms with Crippen LogP contribution in [-0.2, 0) is 10.2 Å². The maximum atomic E-state index is 11.2. The molecule has 0 aliphatic rings. The third kappa shape index (κ3) is 1.95. The maximum Gasteiger partial charge on any atom is 0.324 e. The predicted octanol–water partition coefficient (Wildman–Crippen LogP) is 2.07. The van der Waals surface area contributed by atoms with Crippen molar-refractivity contribution in [3.05, 3.63) is 35.4 Å². The van der Waals surface area contributed by atoms with Gasteiger partial charge in [0.15, 0.2) is 0 Å². The molecular formula is C13H19NO2. The van der Waals surface area contributed by atoms with Gasteiger partial charge < -0.3 is 10.8 Å². The van der Waals surface area contributed by atoms with Gasteiger partial charge in [-0.25, -0.2) is 0 Å². The van der Waals surface area contributed by atoms with Crippen LogP contribution in [0.1, 0.15) is 31.9 Å². The van der Waals surface area contributed by atoms with E-state index in [1.807, 2.05) is 45.0 Å². The highest BCUT2D eigenvalue weighted by Gasteiger charge is 2.45. The van der Waals surface area contributed by atoms with E-state index in [1.54, 1.807) is 6.92 Å². The molecule has 16 heavy (non-hydrogen) atoms. The minimum atomic E-state index is -1.29. The van der Waals surface area contributed by atoms with Crippen molar-refractivity contribution < 1.29 is 9.90 Å². The van der Waals surface area contributed by atoms with Crippen LogP contribution >= 0.6 is 0 Å². The zero-order valence-corrected chi connectivity index (χ0v) is 10.2. The molecular weight excluding hydrogens is 202 g/mol. The first-order valence-corrected chi connectivity index (χ1v) is 5.29. The molecule has 1 aromatic carbocycles. The second-order valence-corrected chi connectivity index (χ2v) is 5.00. The van der Waals surface area contributed by atoms with Gasteiger partial charge in [-0.3, -0.25) is 4.79 Å². The van der Waals surface area contributed by atoms with E-state index in [4.69, 9.17) is 5.73 Å². The molecule has 0 radical (unpaired) electrons. The van der Waals surface area contributed by atoms with Crippen molar-refractivity contribution in [3.63, 3.8) is 0 Å².